The van der Waals surface area contributed by atoms with Gasteiger partial charge in [-0.2, -0.15) is 9.90 Å². The van der Waals surface area contributed by atoms with E-state index in [0.29, 0.717) is 18.7 Å². The molecular weight excluding hydrogens is 210 g/mol. The number of rotatable bonds is 4. The fraction of sp³-hybridized carbons (Fsp3) is 0.333. The first kappa shape index (κ1) is 10.3. The summed E-state index contributed by atoms with van der Waals surface area (Å²) in [6.45, 7) is 0.488. The molecule has 16 heavy (non-hydrogen) atoms. The molecule has 0 radical (unpaired) electrons. The van der Waals surface area contributed by atoms with Gasteiger partial charge in [0, 0.05) is 20.0 Å². The van der Waals surface area contributed by atoms with Crippen LogP contribution in [0.1, 0.15) is 16.2 Å². The molecule has 0 aromatic carbocycles. The molecule has 0 bridgehead atoms. The van der Waals surface area contributed by atoms with Crippen LogP contribution in [0, 0.1) is 0 Å². The zero-order chi connectivity index (χ0) is 11.4. The zero-order valence-electron chi connectivity index (χ0n) is 8.75. The van der Waals surface area contributed by atoms with E-state index in [1.807, 2.05) is 0 Å². The molecule has 7 heteroatoms. The molecule has 0 aliphatic rings. The Kier molecular flexibility index (Phi) is 2.95. The van der Waals surface area contributed by atoms with Crippen LogP contribution >= 0.6 is 0 Å². The normalized spacial score (nSPS) is 10.3. The number of hydrogen-bond acceptors (Lipinski definition) is 5. The second-order valence-electron chi connectivity index (χ2n) is 3.20. The van der Waals surface area contributed by atoms with Gasteiger partial charge in [-0.1, -0.05) is 0 Å². The lowest BCUT2D eigenvalue weighted by Crippen LogP contribution is -2.26. The second kappa shape index (κ2) is 4.56. The first-order valence-electron chi connectivity index (χ1n) is 4.77. The van der Waals surface area contributed by atoms with Crippen LogP contribution in [-0.2, 0) is 13.5 Å². The first-order chi connectivity index (χ1) is 7.75. The molecule has 0 unspecified atom stereocenters. The van der Waals surface area contributed by atoms with E-state index in [4.69, 9.17) is 4.42 Å². The lowest BCUT2D eigenvalue weighted by Gasteiger charge is -1.99. The summed E-state index contributed by atoms with van der Waals surface area (Å²) in [5.41, 5.74) is 1.11. The number of oxazole rings is 1. The molecule has 1 amide bonds. The van der Waals surface area contributed by atoms with Gasteiger partial charge in [0.25, 0.3) is 5.91 Å². The molecule has 2 heterocycles. The Morgan fingerprint density at radius 1 is 1.62 bits per heavy atom. The van der Waals surface area contributed by atoms with Crippen molar-refractivity contribution in [3.63, 3.8) is 0 Å². The fourth-order valence-electron chi connectivity index (χ4n) is 1.21. The average molecular weight is 221 g/mol. The largest absolute Gasteiger partial charge is 0.451 e. The summed E-state index contributed by atoms with van der Waals surface area (Å²) >= 11 is 0. The van der Waals surface area contributed by atoms with Crippen molar-refractivity contribution in [3.05, 3.63) is 30.2 Å². The van der Waals surface area contributed by atoms with Crippen LogP contribution in [0.4, 0.5) is 0 Å². The third-order valence-corrected chi connectivity index (χ3v) is 1.98. The molecule has 84 valence electrons. The van der Waals surface area contributed by atoms with Crippen molar-refractivity contribution in [2.75, 3.05) is 6.54 Å². The minimum Gasteiger partial charge on any atom is -0.451 e. The van der Waals surface area contributed by atoms with Gasteiger partial charge in [0.05, 0.1) is 11.9 Å². The molecule has 2 aromatic rings. The number of carbonyl (C=O) groups is 1. The second-order valence-corrected chi connectivity index (χ2v) is 3.20. The Balaban J connectivity index is 1.80. The molecule has 2 rings (SSSR count). The van der Waals surface area contributed by atoms with E-state index < -0.39 is 0 Å². The van der Waals surface area contributed by atoms with Crippen molar-refractivity contribution in [1.82, 2.24) is 25.3 Å². The molecule has 0 spiro atoms. The lowest BCUT2D eigenvalue weighted by atomic mass is 10.3. The zero-order valence-corrected chi connectivity index (χ0v) is 8.75. The highest BCUT2D eigenvalue weighted by Crippen LogP contribution is 1.95. The highest BCUT2D eigenvalue weighted by Gasteiger charge is 2.08. The molecule has 0 atom stereocenters. The minimum absolute atomic E-state index is 0.239. The van der Waals surface area contributed by atoms with E-state index in [1.165, 1.54) is 17.4 Å². The summed E-state index contributed by atoms with van der Waals surface area (Å²) in [6, 6.07) is 0. The fourth-order valence-corrected chi connectivity index (χ4v) is 1.21. The summed E-state index contributed by atoms with van der Waals surface area (Å²) in [5.74, 6) is -0.239. The monoisotopic (exact) mass is 221 g/mol. The number of aryl methyl sites for hydroxylation is 1. The van der Waals surface area contributed by atoms with Gasteiger partial charge in [-0.3, -0.25) is 4.79 Å². The molecule has 1 N–H and O–H groups in total. The highest BCUT2D eigenvalue weighted by molar-refractivity contribution is 5.91. The van der Waals surface area contributed by atoms with Crippen molar-refractivity contribution in [2.24, 2.45) is 7.05 Å². The number of nitrogens with one attached hydrogen (secondary N) is 1. The Morgan fingerprint density at radius 2 is 2.50 bits per heavy atom. The molecule has 2 aromatic heterocycles. The van der Waals surface area contributed by atoms with Crippen LogP contribution in [0.25, 0.3) is 0 Å². The Bertz CT molecular complexity index is 462. The standard InChI is InChI=1S/C9H11N5O2/c1-14-12-4-8(13-14)9(15)10-3-2-7-5-16-6-11-7/h4-6H,2-3H2,1H3,(H,10,15). The van der Waals surface area contributed by atoms with Crippen molar-refractivity contribution < 1.29 is 9.21 Å². The highest BCUT2D eigenvalue weighted by atomic mass is 16.3. The van der Waals surface area contributed by atoms with Crippen molar-refractivity contribution in [1.29, 1.82) is 0 Å². The Morgan fingerprint density at radius 3 is 3.12 bits per heavy atom. The molecule has 0 aliphatic carbocycles. The average Bonchev–Trinajstić information content (AvgIpc) is 2.89. The minimum atomic E-state index is -0.239. The van der Waals surface area contributed by atoms with E-state index in [0.717, 1.165) is 5.69 Å². The number of hydrogen-bond donors (Lipinski definition) is 1. The SMILES string of the molecule is Cn1ncc(C(=O)NCCc2cocn2)n1. The number of nitrogens with zero attached hydrogens (tertiary/aromatic N) is 4. The van der Waals surface area contributed by atoms with Crippen molar-refractivity contribution >= 4 is 5.91 Å². The van der Waals surface area contributed by atoms with E-state index in [-0.39, 0.29) is 5.91 Å². The van der Waals surface area contributed by atoms with Crippen molar-refractivity contribution in [2.45, 2.75) is 6.42 Å². The topological polar surface area (TPSA) is 85.8 Å². The Hall–Kier alpha value is -2.18. The summed E-state index contributed by atoms with van der Waals surface area (Å²) in [6.07, 6.45) is 4.96. The molecule has 0 fully saturated rings. The number of carbonyl (C=O) groups excluding carboxylic acids is 1. The maximum absolute atomic E-state index is 11.5. The molecule has 0 saturated carbocycles. The van der Waals surface area contributed by atoms with Crippen LogP contribution in [0.2, 0.25) is 0 Å². The van der Waals surface area contributed by atoms with Gasteiger partial charge in [-0.05, 0) is 0 Å². The van der Waals surface area contributed by atoms with Crippen molar-refractivity contribution in [3.8, 4) is 0 Å². The summed E-state index contributed by atoms with van der Waals surface area (Å²) in [5, 5.41) is 10.4. The number of amides is 1. The summed E-state index contributed by atoms with van der Waals surface area (Å²) < 4.78 is 4.81. The lowest BCUT2D eigenvalue weighted by molar-refractivity contribution is 0.0948. The predicted octanol–water partition coefficient (Wildman–Crippen LogP) is -0.224. The smallest absolute Gasteiger partial charge is 0.273 e. The summed E-state index contributed by atoms with van der Waals surface area (Å²) in [4.78, 5) is 16.8. The van der Waals surface area contributed by atoms with E-state index in [1.54, 1.807) is 13.3 Å². The van der Waals surface area contributed by atoms with Gasteiger partial charge < -0.3 is 9.73 Å². The quantitative estimate of drug-likeness (QED) is 0.771. The van der Waals surface area contributed by atoms with Crippen LogP contribution < -0.4 is 5.32 Å². The van der Waals surface area contributed by atoms with E-state index in [9.17, 15) is 4.79 Å². The molecular formula is C9H11N5O2. The van der Waals surface area contributed by atoms with Gasteiger partial charge in [0.15, 0.2) is 12.1 Å². The third kappa shape index (κ3) is 2.44. The van der Waals surface area contributed by atoms with Crippen LogP contribution in [-0.4, -0.2) is 32.4 Å². The van der Waals surface area contributed by atoms with Gasteiger partial charge in [0.1, 0.15) is 6.26 Å². The van der Waals surface area contributed by atoms with Gasteiger partial charge in [-0.25, -0.2) is 4.98 Å². The molecule has 7 nitrogen and oxygen atoms in total. The van der Waals surface area contributed by atoms with Gasteiger partial charge >= 0.3 is 0 Å². The van der Waals surface area contributed by atoms with Crippen LogP contribution in [0.3, 0.4) is 0 Å². The number of aromatic nitrogens is 4. The maximum atomic E-state index is 11.5. The van der Waals surface area contributed by atoms with Crippen LogP contribution in [0.5, 0.6) is 0 Å². The third-order valence-electron chi connectivity index (χ3n) is 1.98. The van der Waals surface area contributed by atoms with Crippen LogP contribution in [0.15, 0.2) is 23.3 Å². The summed E-state index contributed by atoms with van der Waals surface area (Å²) in [7, 11) is 1.66. The van der Waals surface area contributed by atoms with Gasteiger partial charge in [0.2, 0.25) is 0 Å². The predicted molar refractivity (Wildman–Crippen MR) is 53.5 cm³/mol. The van der Waals surface area contributed by atoms with E-state index >= 15 is 0 Å². The van der Waals surface area contributed by atoms with E-state index in [2.05, 4.69) is 20.5 Å². The maximum Gasteiger partial charge on any atom is 0.273 e. The first-order valence-corrected chi connectivity index (χ1v) is 4.77. The van der Waals surface area contributed by atoms with Gasteiger partial charge in [-0.15, -0.1) is 5.10 Å². The Labute approximate surface area is 91.5 Å². The molecule has 0 saturated heterocycles. The molecule has 0 aliphatic heterocycles.